The quantitative estimate of drug-likeness (QED) is 0.810. The topological polar surface area (TPSA) is 46.2 Å². The summed E-state index contributed by atoms with van der Waals surface area (Å²) in [6.07, 6.45) is 1.74. The Balaban J connectivity index is 2.74. The molecule has 3 heteroatoms. The summed E-state index contributed by atoms with van der Waals surface area (Å²) >= 11 is 1.78. The van der Waals surface area contributed by atoms with Crippen LogP contribution < -0.4 is 5.73 Å². The van der Waals surface area contributed by atoms with Crippen molar-refractivity contribution in [2.24, 2.45) is 11.7 Å². The van der Waals surface area contributed by atoms with E-state index in [-0.39, 0.29) is 5.92 Å². The van der Waals surface area contributed by atoms with Crippen molar-refractivity contribution in [2.75, 3.05) is 6.54 Å². The van der Waals surface area contributed by atoms with E-state index in [1.807, 2.05) is 13.8 Å². The van der Waals surface area contributed by atoms with Crippen molar-refractivity contribution in [1.82, 2.24) is 0 Å². The van der Waals surface area contributed by atoms with Gasteiger partial charge in [-0.25, -0.2) is 0 Å². The lowest BCUT2D eigenvalue weighted by atomic mass is 9.87. The highest BCUT2D eigenvalue weighted by Gasteiger charge is 2.29. The molecule has 0 saturated carbocycles. The van der Waals surface area contributed by atoms with Crippen molar-refractivity contribution in [3.63, 3.8) is 0 Å². The Hall–Kier alpha value is -0.380. The summed E-state index contributed by atoms with van der Waals surface area (Å²) in [5.41, 5.74) is 4.90. The molecule has 86 valence electrons. The second kappa shape index (κ2) is 5.10. The lowest BCUT2D eigenvalue weighted by Crippen LogP contribution is -2.44. The SMILES string of the molecule is CCc1ccc(CC(O)(CN)C(C)C)s1. The van der Waals surface area contributed by atoms with E-state index in [4.69, 9.17) is 5.73 Å². The van der Waals surface area contributed by atoms with Crippen molar-refractivity contribution >= 4 is 11.3 Å². The summed E-state index contributed by atoms with van der Waals surface area (Å²) in [5, 5.41) is 10.3. The zero-order chi connectivity index (χ0) is 11.5. The number of aryl methyl sites for hydroxylation is 1. The van der Waals surface area contributed by atoms with Gasteiger partial charge in [-0.2, -0.15) is 0 Å². The smallest absolute Gasteiger partial charge is 0.0840 e. The molecule has 0 amide bonds. The van der Waals surface area contributed by atoms with Crippen LogP contribution in [-0.2, 0) is 12.8 Å². The molecule has 0 aliphatic carbocycles. The normalized spacial score (nSPS) is 15.6. The monoisotopic (exact) mass is 227 g/mol. The van der Waals surface area contributed by atoms with Crippen LogP contribution in [0.1, 0.15) is 30.5 Å². The van der Waals surface area contributed by atoms with Crippen LogP contribution >= 0.6 is 11.3 Å². The largest absolute Gasteiger partial charge is 0.388 e. The molecule has 1 aromatic heterocycles. The Morgan fingerprint density at radius 1 is 1.40 bits per heavy atom. The molecule has 1 atom stereocenters. The minimum absolute atomic E-state index is 0.190. The van der Waals surface area contributed by atoms with Crippen molar-refractivity contribution in [3.05, 3.63) is 21.9 Å². The van der Waals surface area contributed by atoms with Crippen LogP contribution in [0.15, 0.2) is 12.1 Å². The summed E-state index contributed by atoms with van der Waals surface area (Å²) in [5.74, 6) is 0.190. The van der Waals surface area contributed by atoms with E-state index in [9.17, 15) is 5.11 Å². The first-order valence-corrected chi connectivity index (χ1v) is 6.33. The molecule has 3 N–H and O–H groups in total. The molecule has 0 bridgehead atoms. The number of thiophene rings is 1. The van der Waals surface area contributed by atoms with Crippen LogP contribution in [-0.4, -0.2) is 17.3 Å². The molecular formula is C12H21NOS. The predicted molar refractivity (Wildman–Crippen MR) is 66.2 cm³/mol. The van der Waals surface area contributed by atoms with Gasteiger partial charge in [0.2, 0.25) is 0 Å². The van der Waals surface area contributed by atoms with Crippen LogP contribution in [0.5, 0.6) is 0 Å². The van der Waals surface area contributed by atoms with Gasteiger partial charge >= 0.3 is 0 Å². The van der Waals surface area contributed by atoms with Crippen LogP contribution in [0.2, 0.25) is 0 Å². The molecule has 1 rings (SSSR count). The average Bonchev–Trinajstić information content (AvgIpc) is 2.65. The molecule has 1 unspecified atom stereocenters. The van der Waals surface area contributed by atoms with E-state index in [0.29, 0.717) is 13.0 Å². The fraction of sp³-hybridized carbons (Fsp3) is 0.667. The maximum Gasteiger partial charge on any atom is 0.0840 e. The number of rotatable bonds is 5. The first-order chi connectivity index (χ1) is 7.01. The van der Waals surface area contributed by atoms with Gasteiger partial charge in [-0.15, -0.1) is 11.3 Å². The third kappa shape index (κ3) is 3.03. The second-order valence-corrected chi connectivity index (χ2v) is 5.61. The summed E-state index contributed by atoms with van der Waals surface area (Å²) < 4.78 is 0. The van der Waals surface area contributed by atoms with Gasteiger partial charge in [-0.1, -0.05) is 20.8 Å². The standard InChI is InChI=1S/C12H21NOS/c1-4-10-5-6-11(15-10)7-12(14,8-13)9(2)3/h5-6,9,14H,4,7-8,13H2,1-3H3. The van der Waals surface area contributed by atoms with E-state index in [0.717, 1.165) is 6.42 Å². The molecule has 0 saturated heterocycles. The Kier molecular flexibility index (Phi) is 4.32. The lowest BCUT2D eigenvalue weighted by molar-refractivity contribution is 0.00479. The van der Waals surface area contributed by atoms with Crippen molar-refractivity contribution < 1.29 is 5.11 Å². The number of hydrogen-bond donors (Lipinski definition) is 2. The second-order valence-electron chi connectivity index (χ2n) is 4.36. The van der Waals surface area contributed by atoms with Gasteiger partial charge in [0.25, 0.3) is 0 Å². The Bertz CT molecular complexity index is 308. The van der Waals surface area contributed by atoms with Gasteiger partial charge < -0.3 is 10.8 Å². The lowest BCUT2D eigenvalue weighted by Gasteiger charge is -2.30. The van der Waals surface area contributed by atoms with Gasteiger partial charge in [0.15, 0.2) is 0 Å². The maximum absolute atomic E-state index is 10.3. The van der Waals surface area contributed by atoms with E-state index < -0.39 is 5.60 Å². The van der Waals surface area contributed by atoms with E-state index in [2.05, 4.69) is 19.1 Å². The highest BCUT2D eigenvalue weighted by Crippen LogP contribution is 2.26. The van der Waals surface area contributed by atoms with Gasteiger partial charge in [0.1, 0.15) is 0 Å². The number of aliphatic hydroxyl groups is 1. The summed E-state index contributed by atoms with van der Waals surface area (Å²) in [6, 6.07) is 4.24. The number of nitrogens with two attached hydrogens (primary N) is 1. The Morgan fingerprint density at radius 3 is 2.40 bits per heavy atom. The average molecular weight is 227 g/mol. The summed E-state index contributed by atoms with van der Waals surface area (Å²) in [6.45, 7) is 6.50. The maximum atomic E-state index is 10.3. The molecule has 0 aliphatic heterocycles. The zero-order valence-corrected chi connectivity index (χ0v) is 10.6. The minimum atomic E-state index is -0.754. The van der Waals surface area contributed by atoms with Crippen LogP contribution in [0.4, 0.5) is 0 Å². The molecular weight excluding hydrogens is 206 g/mol. The summed E-state index contributed by atoms with van der Waals surface area (Å²) in [7, 11) is 0. The van der Waals surface area contributed by atoms with E-state index in [1.54, 1.807) is 11.3 Å². The van der Waals surface area contributed by atoms with Crippen LogP contribution in [0, 0.1) is 5.92 Å². The van der Waals surface area contributed by atoms with Gasteiger partial charge in [-0.05, 0) is 24.5 Å². The van der Waals surface area contributed by atoms with Crippen molar-refractivity contribution in [1.29, 1.82) is 0 Å². The molecule has 0 aromatic carbocycles. The summed E-state index contributed by atoms with van der Waals surface area (Å²) in [4.78, 5) is 2.60. The third-order valence-electron chi connectivity index (χ3n) is 2.97. The van der Waals surface area contributed by atoms with Crippen LogP contribution in [0.25, 0.3) is 0 Å². The first-order valence-electron chi connectivity index (χ1n) is 5.52. The molecule has 2 nitrogen and oxygen atoms in total. The van der Waals surface area contributed by atoms with Crippen LogP contribution in [0.3, 0.4) is 0 Å². The van der Waals surface area contributed by atoms with E-state index >= 15 is 0 Å². The molecule has 0 spiro atoms. The molecule has 0 fully saturated rings. The minimum Gasteiger partial charge on any atom is -0.388 e. The van der Waals surface area contributed by atoms with E-state index in [1.165, 1.54) is 9.75 Å². The first kappa shape index (κ1) is 12.7. The molecule has 0 aliphatic rings. The Labute approximate surface area is 96.1 Å². The van der Waals surface area contributed by atoms with Crippen molar-refractivity contribution in [2.45, 2.75) is 39.2 Å². The molecule has 1 heterocycles. The predicted octanol–water partition coefficient (Wildman–Crippen LogP) is 2.20. The van der Waals surface area contributed by atoms with Gasteiger partial charge in [-0.3, -0.25) is 0 Å². The Morgan fingerprint density at radius 2 is 2.00 bits per heavy atom. The third-order valence-corrected chi connectivity index (χ3v) is 4.20. The fourth-order valence-corrected chi connectivity index (χ4v) is 2.60. The molecule has 1 aromatic rings. The van der Waals surface area contributed by atoms with Gasteiger partial charge in [0, 0.05) is 22.7 Å². The fourth-order valence-electron chi connectivity index (χ4n) is 1.52. The highest BCUT2D eigenvalue weighted by molar-refractivity contribution is 7.12. The van der Waals surface area contributed by atoms with Crippen molar-refractivity contribution in [3.8, 4) is 0 Å². The molecule has 15 heavy (non-hydrogen) atoms. The highest BCUT2D eigenvalue weighted by atomic mass is 32.1. The zero-order valence-electron chi connectivity index (χ0n) is 9.79. The van der Waals surface area contributed by atoms with Gasteiger partial charge in [0.05, 0.1) is 5.60 Å². The number of hydrogen-bond acceptors (Lipinski definition) is 3. The molecule has 0 radical (unpaired) electrons.